The van der Waals surface area contributed by atoms with Gasteiger partial charge in [0.1, 0.15) is 0 Å². The van der Waals surface area contributed by atoms with Gasteiger partial charge in [-0.2, -0.15) is 0 Å². The van der Waals surface area contributed by atoms with Crippen LogP contribution >= 0.6 is 0 Å². The molecule has 5 heteroatoms. The maximum atomic E-state index is 13.1. The van der Waals surface area contributed by atoms with Crippen molar-refractivity contribution in [2.24, 2.45) is 0 Å². The summed E-state index contributed by atoms with van der Waals surface area (Å²) in [6.45, 7) is 2.96. The van der Waals surface area contributed by atoms with Crippen LogP contribution in [-0.2, 0) is 27.3 Å². The first-order valence-electron chi connectivity index (χ1n) is 10.1. The predicted molar refractivity (Wildman–Crippen MR) is 108 cm³/mol. The van der Waals surface area contributed by atoms with Gasteiger partial charge in [0, 0.05) is 31.9 Å². The van der Waals surface area contributed by atoms with E-state index in [0.717, 1.165) is 24.8 Å². The van der Waals surface area contributed by atoms with Gasteiger partial charge in [0.2, 0.25) is 5.91 Å². The highest BCUT2D eigenvalue weighted by atomic mass is 16.5. The van der Waals surface area contributed by atoms with Crippen molar-refractivity contribution in [3.8, 4) is 0 Å². The number of amides is 1. The van der Waals surface area contributed by atoms with Crippen LogP contribution in [0, 0.1) is 0 Å². The number of benzene rings is 1. The second kappa shape index (κ2) is 10.0. The van der Waals surface area contributed by atoms with Gasteiger partial charge < -0.3 is 9.64 Å². The van der Waals surface area contributed by atoms with E-state index in [9.17, 15) is 9.59 Å². The monoisotopic (exact) mass is 380 g/mol. The number of carbonyl (C=O) groups excluding carboxylic acids is 2. The van der Waals surface area contributed by atoms with Crippen LogP contribution in [0.4, 0.5) is 0 Å². The number of rotatable bonds is 8. The number of nitrogens with zero attached hydrogens (tertiary/aromatic N) is 2. The van der Waals surface area contributed by atoms with Gasteiger partial charge in [-0.15, -0.1) is 0 Å². The molecule has 1 aliphatic rings. The normalized spacial score (nSPS) is 15.5. The van der Waals surface area contributed by atoms with E-state index in [1.165, 1.54) is 11.1 Å². The van der Waals surface area contributed by atoms with Crippen LogP contribution in [0.1, 0.15) is 55.2 Å². The van der Waals surface area contributed by atoms with Crippen LogP contribution in [0.3, 0.4) is 0 Å². The van der Waals surface area contributed by atoms with E-state index in [1.54, 1.807) is 24.2 Å². The average molecular weight is 380 g/mol. The molecule has 28 heavy (non-hydrogen) atoms. The van der Waals surface area contributed by atoms with Gasteiger partial charge in [0.25, 0.3) is 0 Å². The molecule has 3 rings (SSSR count). The van der Waals surface area contributed by atoms with E-state index in [2.05, 4.69) is 29.2 Å². The molecule has 0 saturated heterocycles. The molecule has 1 heterocycles. The molecule has 1 amide bonds. The van der Waals surface area contributed by atoms with Crippen molar-refractivity contribution in [3.63, 3.8) is 0 Å². The van der Waals surface area contributed by atoms with Crippen LogP contribution in [0.2, 0.25) is 0 Å². The average Bonchev–Trinajstić information content (AvgIpc) is 2.72. The van der Waals surface area contributed by atoms with E-state index in [-0.39, 0.29) is 24.2 Å². The lowest BCUT2D eigenvalue weighted by atomic mass is 9.81. The highest BCUT2D eigenvalue weighted by molar-refractivity contribution is 5.78. The zero-order valence-electron chi connectivity index (χ0n) is 16.5. The SMILES string of the molecule is CCOC(=O)CCN(Cc1cccnc1)C(=O)CC1CCCc2ccccc21. The van der Waals surface area contributed by atoms with Gasteiger partial charge in [-0.25, -0.2) is 0 Å². The molecule has 1 aromatic heterocycles. The summed E-state index contributed by atoms with van der Waals surface area (Å²) in [6, 6.07) is 12.2. The largest absolute Gasteiger partial charge is 0.466 e. The topological polar surface area (TPSA) is 59.5 Å². The minimum Gasteiger partial charge on any atom is -0.466 e. The summed E-state index contributed by atoms with van der Waals surface area (Å²) in [5.74, 6) is 0.0563. The summed E-state index contributed by atoms with van der Waals surface area (Å²) in [5, 5.41) is 0. The van der Waals surface area contributed by atoms with Crippen LogP contribution in [-0.4, -0.2) is 34.9 Å². The fourth-order valence-corrected chi connectivity index (χ4v) is 3.87. The van der Waals surface area contributed by atoms with Gasteiger partial charge in [-0.1, -0.05) is 30.3 Å². The zero-order valence-corrected chi connectivity index (χ0v) is 16.5. The molecule has 1 unspecified atom stereocenters. The van der Waals surface area contributed by atoms with E-state index < -0.39 is 0 Å². The lowest BCUT2D eigenvalue weighted by Gasteiger charge is -2.28. The molecule has 0 aliphatic heterocycles. The molecule has 148 valence electrons. The first-order valence-corrected chi connectivity index (χ1v) is 10.1. The second-order valence-corrected chi connectivity index (χ2v) is 7.22. The summed E-state index contributed by atoms with van der Waals surface area (Å²) in [4.78, 5) is 30.9. The number of hydrogen-bond donors (Lipinski definition) is 0. The molecule has 2 aromatic rings. The van der Waals surface area contributed by atoms with Crippen LogP contribution < -0.4 is 0 Å². The Hall–Kier alpha value is -2.69. The lowest BCUT2D eigenvalue weighted by molar-refractivity contribution is -0.144. The van der Waals surface area contributed by atoms with Gasteiger partial charge in [-0.05, 0) is 54.9 Å². The van der Waals surface area contributed by atoms with Crippen molar-refractivity contribution in [1.29, 1.82) is 0 Å². The smallest absolute Gasteiger partial charge is 0.307 e. The molecule has 0 fully saturated rings. The Morgan fingerprint density at radius 1 is 1.21 bits per heavy atom. The van der Waals surface area contributed by atoms with E-state index in [1.807, 2.05) is 12.1 Å². The standard InChI is InChI=1S/C23H28N2O3/c1-2-28-23(27)12-14-25(17-18-7-6-13-24-16-18)22(26)15-20-10-5-9-19-8-3-4-11-21(19)20/h3-4,6-8,11,13,16,20H,2,5,9-10,12,14-15,17H2,1H3. The highest BCUT2D eigenvalue weighted by Crippen LogP contribution is 2.34. The minimum atomic E-state index is -0.269. The Morgan fingerprint density at radius 3 is 2.86 bits per heavy atom. The number of aryl methyl sites for hydroxylation is 1. The van der Waals surface area contributed by atoms with Crippen molar-refractivity contribution in [2.75, 3.05) is 13.2 Å². The number of esters is 1. The molecular weight excluding hydrogens is 352 g/mol. The van der Waals surface area contributed by atoms with Crippen molar-refractivity contribution in [2.45, 2.75) is 51.5 Å². The van der Waals surface area contributed by atoms with Gasteiger partial charge in [-0.3, -0.25) is 14.6 Å². The van der Waals surface area contributed by atoms with E-state index in [4.69, 9.17) is 4.74 Å². The maximum absolute atomic E-state index is 13.1. The van der Waals surface area contributed by atoms with Gasteiger partial charge in [0.15, 0.2) is 0 Å². The predicted octanol–water partition coefficient (Wildman–Crippen LogP) is 3.87. The Morgan fingerprint density at radius 2 is 2.07 bits per heavy atom. The third kappa shape index (κ3) is 5.41. The first kappa shape index (κ1) is 20.1. The molecule has 0 N–H and O–H groups in total. The lowest BCUT2D eigenvalue weighted by Crippen LogP contribution is -2.34. The Labute approximate surface area is 166 Å². The van der Waals surface area contributed by atoms with Crippen molar-refractivity contribution in [3.05, 3.63) is 65.5 Å². The van der Waals surface area contributed by atoms with Crippen molar-refractivity contribution >= 4 is 11.9 Å². The summed E-state index contributed by atoms with van der Waals surface area (Å²) >= 11 is 0. The Balaban J connectivity index is 1.70. The summed E-state index contributed by atoms with van der Waals surface area (Å²) < 4.78 is 5.03. The number of fused-ring (bicyclic) bond motifs is 1. The summed E-state index contributed by atoms with van der Waals surface area (Å²) in [6.07, 6.45) is 7.39. The summed E-state index contributed by atoms with van der Waals surface area (Å²) in [5.41, 5.74) is 3.62. The van der Waals surface area contributed by atoms with Crippen molar-refractivity contribution < 1.29 is 14.3 Å². The van der Waals surface area contributed by atoms with E-state index in [0.29, 0.717) is 26.1 Å². The Kier molecular flexibility index (Phi) is 7.18. The zero-order chi connectivity index (χ0) is 19.8. The maximum Gasteiger partial charge on any atom is 0.307 e. The minimum absolute atomic E-state index is 0.0786. The fourth-order valence-electron chi connectivity index (χ4n) is 3.87. The molecule has 1 atom stereocenters. The number of aromatic nitrogens is 1. The van der Waals surface area contributed by atoms with Crippen LogP contribution in [0.5, 0.6) is 0 Å². The Bertz CT molecular complexity index is 791. The number of pyridine rings is 1. The highest BCUT2D eigenvalue weighted by Gasteiger charge is 2.25. The van der Waals surface area contributed by atoms with E-state index >= 15 is 0 Å². The molecule has 0 saturated carbocycles. The number of carbonyl (C=O) groups is 2. The third-order valence-electron chi connectivity index (χ3n) is 5.25. The number of ether oxygens (including phenoxy) is 1. The van der Waals surface area contributed by atoms with Gasteiger partial charge in [0.05, 0.1) is 13.0 Å². The molecule has 0 bridgehead atoms. The number of hydrogen-bond acceptors (Lipinski definition) is 4. The molecule has 0 radical (unpaired) electrons. The van der Waals surface area contributed by atoms with Crippen molar-refractivity contribution in [1.82, 2.24) is 9.88 Å². The van der Waals surface area contributed by atoms with Gasteiger partial charge >= 0.3 is 5.97 Å². The van der Waals surface area contributed by atoms with Crippen LogP contribution in [0.25, 0.3) is 0 Å². The fraction of sp³-hybridized carbons (Fsp3) is 0.435. The molecule has 1 aliphatic carbocycles. The molecule has 0 spiro atoms. The van der Waals surface area contributed by atoms with Crippen LogP contribution in [0.15, 0.2) is 48.8 Å². The molecular formula is C23H28N2O3. The molecule has 5 nitrogen and oxygen atoms in total. The second-order valence-electron chi connectivity index (χ2n) is 7.22. The molecule has 1 aromatic carbocycles. The quantitative estimate of drug-likeness (QED) is 0.652. The first-order chi connectivity index (χ1) is 13.7. The summed E-state index contributed by atoms with van der Waals surface area (Å²) in [7, 11) is 0. The third-order valence-corrected chi connectivity index (χ3v) is 5.25.